The van der Waals surface area contributed by atoms with E-state index in [2.05, 4.69) is 64.4 Å². The Morgan fingerprint density at radius 2 is 1.61 bits per heavy atom. The van der Waals surface area contributed by atoms with Crippen LogP contribution in [-0.4, -0.2) is 73.5 Å². The molecule has 0 aromatic heterocycles. The number of carboxylic acids is 1. The summed E-state index contributed by atoms with van der Waals surface area (Å²) in [4.78, 5) is 22.2. The zero-order chi connectivity index (χ0) is 37.1. The maximum atomic E-state index is 11.4. The van der Waals surface area contributed by atoms with E-state index >= 15 is 0 Å². The van der Waals surface area contributed by atoms with E-state index in [9.17, 15) is 9.90 Å². The highest BCUT2D eigenvalue weighted by molar-refractivity contribution is 5.88. The third-order valence-electron chi connectivity index (χ3n) is 15.8. The van der Waals surface area contributed by atoms with Gasteiger partial charge >= 0.3 is 5.97 Å². The summed E-state index contributed by atoms with van der Waals surface area (Å²) < 4.78 is 5.25. The first-order chi connectivity index (χ1) is 24.2. The van der Waals surface area contributed by atoms with Crippen molar-refractivity contribution >= 4 is 18.0 Å². The van der Waals surface area contributed by atoms with Gasteiger partial charge in [-0.1, -0.05) is 72.2 Å². The Bertz CT molecular complexity index is 1400. The average Bonchev–Trinajstić information content (AvgIpc) is 3.50. The Kier molecular flexibility index (Phi) is 12.4. The average molecular weight is 705 g/mol. The summed E-state index contributed by atoms with van der Waals surface area (Å²) in [5.74, 6) is 2.51. The van der Waals surface area contributed by atoms with E-state index in [1.54, 1.807) is 12.1 Å². The maximum absolute atomic E-state index is 11.4. The van der Waals surface area contributed by atoms with Crippen molar-refractivity contribution in [3.8, 4) is 0 Å². The van der Waals surface area contributed by atoms with Crippen LogP contribution >= 0.6 is 0 Å². The number of fused-ring (bicyclic) bond motifs is 7. The summed E-state index contributed by atoms with van der Waals surface area (Å²) >= 11 is 0. The Morgan fingerprint density at radius 1 is 0.922 bits per heavy atom. The third-order valence-corrected chi connectivity index (χ3v) is 15.8. The summed E-state index contributed by atoms with van der Waals surface area (Å²) in [6, 6.07) is 7.64. The number of carbonyl (C=O) groups is 2. The van der Waals surface area contributed by atoms with Crippen molar-refractivity contribution in [3.63, 3.8) is 0 Å². The molecule has 51 heavy (non-hydrogen) atoms. The number of nitrogens with zero attached hydrogens (tertiary/aromatic N) is 1. The van der Waals surface area contributed by atoms with Gasteiger partial charge in [-0.25, -0.2) is 4.79 Å². The molecule has 1 heterocycles. The number of hydrogen-bond donors (Lipinski definition) is 3. The van der Waals surface area contributed by atoms with Gasteiger partial charge in [0, 0.05) is 32.7 Å². The normalized spacial score (nSPS) is 38.0. The third kappa shape index (κ3) is 7.38. The van der Waals surface area contributed by atoms with Crippen molar-refractivity contribution in [2.75, 3.05) is 45.9 Å². The number of nitrogens with one attached hydrogen (secondary N) is 1. The lowest BCUT2D eigenvalue weighted by atomic mass is 9.33. The zero-order valence-electron chi connectivity index (χ0n) is 32.6. The number of allylic oxidation sites excluding steroid dienone is 2. The Labute approximate surface area is 308 Å². The molecule has 284 valence electrons. The minimum absolute atomic E-state index is 0.0907. The first-order valence-corrected chi connectivity index (χ1v) is 20.0. The molecular weight excluding hydrogens is 636 g/mol. The van der Waals surface area contributed by atoms with Crippen LogP contribution in [0, 0.1) is 50.7 Å². The standard InChI is InChI=1S/C34H48O2.C9H18N2O.CH2O2/c1-30(2)24(22-9-11-23(12-10-22)29(35)36)15-18-32(4)27(30)16-19-34(6)28(32)14-13-26-25-8-7-17-31(25,3)20-21-33(26,34)5;1-2-3-10-4-5-11-6-8-12-9-7-11;2-1-3/h9-12,15,25-28H,7-8,13-14,16-21H2,1-6H3,(H,35,36);2,10H,1,3-9H2;1H,(H,2,3)/t25-,26?,27?,28?,31?,32?,33-,34?;;/m1../s1. The van der Waals surface area contributed by atoms with Crippen LogP contribution in [0.25, 0.3) is 5.57 Å². The molecule has 7 nitrogen and oxygen atoms in total. The fourth-order valence-corrected chi connectivity index (χ4v) is 13.0. The smallest absolute Gasteiger partial charge is 0.335 e. The molecule has 1 aliphatic heterocycles. The van der Waals surface area contributed by atoms with E-state index in [-0.39, 0.29) is 11.9 Å². The molecule has 6 aliphatic rings. The molecule has 0 amide bonds. The van der Waals surface area contributed by atoms with E-state index in [0.29, 0.717) is 33.1 Å². The van der Waals surface area contributed by atoms with Crippen molar-refractivity contribution in [2.45, 2.75) is 106 Å². The second-order valence-electron chi connectivity index (χ2n) is 18.3. The molecule has 3 N–H and O–H groups in total. The molecule has 1 saturated heterocycles. The minimum Gasteiger partial charge on any atom is -0.483 e. The fraction of sp³-hybridized carbons (Fsp3) is 0.727. The number of ether oxygens (including phenoxy) is 1. The second-order valence-corrected chi connectivity index (χ2v) is 18.3. The molecule has 8 atom stereocenters. The van der Waals surface area contributed by atoms with E-state index < -0.39 is 5.97 Å². The molecule has 5 fully saturated rings. The van der Waals surface area contributed by atoms with Crippen LogP contribution in [-0.2, 0) is 9.53 Å². The highest BCUT2D eigenvalue weighted by Gasteiger charge is 2.68. The van der Waals surface area contributed by atoms with Gasteiger partial charge in [-0.15, -0.1) is 6.58 Å². The lowest BCUT2D eigenvalue weighted by Gasteiger charge is -2.72. The van der Waals surface area contributed by atoms with Gasteiger partial charge in [0.2, 0.25) is 0 Å². The maximum Gasteiger partial charge on any atom is 0.335 e. The van der Waals surface area contributed by atoms with Gasteiger partial charge in [0.15, 0.2) is 0 Å². The van der Waals surface area contributed by atoms with Crippen LogP contribution in [0.4, 0.5) is 0 Å². The second kappa shape index (κ2) is 15.9. The van der Waals surface area contributed by atoms with Crippen molar-refractivity contribution in [2.24, 2.45) is 50.7 Å². The van der Waals surface area contributed by atoms with Crippen LogP contribution in [0.2, 0.25) is 0 Å². The lowest BCUT2D eigenvalue weighted by molar-refractivity contribution is -0.221. The van der Waals surface area contributed by atoms with Gasteiger partial charge in [0.25, 0.3) is 6.47 Å². The molecule has 1 aromatic carbocycles. The first kappa shape index (κ1) is 39.7. The molecule has 0 radical (unpaired) electrons. The topological polar surface area (TPSA) is 99.1 Å². The van der Waals surface area contributed by atoms with Crippen LogP contribution in [0.15, 0.2) is 43.0 Å². The zero-order valence-corrected chi connectivity index (χ0v) is 32.6. The van der Waals surface area contributed by atoms with Gasteiger partial charge in [-0.05, 0) is 132 Å². The van der Waals surface area contributed by atoms with Gasteiger partial charge in [-0.2, -0.15) is 0 Å². The number of benzene rings is 1. The highest BCUT2D eigenvalue weighted by atomic mass is 16.5. The molecule has 0 bridgehead atoms. The number of rotatable bonds is 7. The van der Waals surface area contributed by atoms with Gasteiger partial charge in [0.05, 0.1) is 18.8 Å². The van der Waals surface area contributed by atoms with Gasteiger partial charge < -0.3 is 20.3 Å². The number of aromatic carboxylic acids is 1. The predicted molar refractivity (Wildman–Crippen MR) is 207 cm³/mol. The van der Waals surface area contributed by atoms with E-state index in [0.717, 1.165) is 63.7 Å². The summed E-state index contributed by atoms with van der Waals surface area (Å²) in [5.41, 5.74) is 5.00. The van der Waals surface area contributed by atoms with E-state index in [1.165, 1.54) is 75.3 Å². The summed E-state index contributed by atoms with van der Waals surface area (Å²) in [5, 5.41) is 19.5. The van der Waals surface area contributed by atoms with Crippen molar-refractivity contribution in [1.29, 1.82) is 0 Å². The SMILES string of the molecule is C=CCNCCN1CCOCC1.CC1(C)C(c2ccc(C(=O)O)cc2)=CCC2(C)C1CCC1(C)C2CCC2[C@H]3CCCC3(C)CC[C@]21C.O=CO. The Balaban J connectivity index is 0.000000283. The van der Waals surface area contributed by atoms with E-state index in [4.69, 9.17) is 14.6 Å². The quantitative estimate of drug-likeness (QED) is 0.148. The van der Waals surface area contributed by atoms with E-state index in [1.807, 2.05) is 18.2 Å². The number of hydrogen-bond acceptors (Lipinski definition) is 5. The van der Waals surface area contributed by atoms with Crippen LogP contribution < -0.4 is 5.32 Å². The predicted octanol–water partition coefficient (Wildman–Crippen LogP) is 9.05. The summed E-state index contributed by atoms with van der Waals surface area (Å²) in [7, 11) is 0. The molecule has 1 aromatic rings. The molecule has 7 rings (SSSR count). The molecule has 4 saturated carbocycles. The summed E-state index contributed by atoms with van der Waals surface area (Å²) in [6.07, 6.45) is 18.5. The Morgan fingerprint density at radius 3 is 2.25 bits per heavy atom. The molecular formula is C44H68N2O5. The minimum atomic E-state index is -0.845. The van der Waals surface area contributed by atoms with Crippen LogP contribution in [0.3, 0.4) is 0 Å². The molecule has 6 unspecified atom stereocenters. The van der Waals surface area contributed by atoms with Crippen molar-refractivity contribution in [1.82, 2.24) is 10.2 Å². The monoisotopic (exact) mass is 705 g/mol. The Hall–Kier alpha value is -2.48. The van der Waals surface area contributed by atoms with Crippen molar-refractivity contribution < 1.29 is 24.5 Å². The number of carboxylic acid groups (broad SMARTS) is 2. The fourth-order valence-electron chi connectivity index (χ4n) is 13.0. The van der Waals surface area contributed by atoms with Crippen LogP contribution in [0.1, 0.15) is 122 Å². The van der Waals surface area contributed by atoms with Gasteiger partial charge in [-0.3, -0.25) is 9.69 Å². The lowest BCUT2D eigenvalue weighted by Crippen LogP contribution is -2.64. The molecule has 5 aliphatic carbocycles. The molecule has 7 heteroatoms. The molecule has 0 spiro atoms. The largest absolute Gasteiger partial charge is 0.483 e. The first-order valence-electron chi connectivity index (χ1n) is 20.0. The highest BCUT2D eigenvalue weighted by Crippen LogP contribution is 2.77. The number of morpholine rings is 1. The van der Waals surface area contributed by atoms with Crippen molar-refractivity contribution in [3.05, 3.63) is 54.1 Å². The summed E-state index contributed by atoms with van der Waals surface area (Å²) in [6.45, 7) is 26.1. The van der Waals surface area contributed by atoms with Crippen LogP contribution in [0.5, 0.6) is 0 Å². The van der Waals surface area contributed by atoms with Gasteiger partial charge in [0.1, 0.15) is 0 Å².